The fraction of sp³-hybridized carbons (Fsp3) is 1.00. The van der Waals surface area contributed by atoms with Crippen molar-refractivity contribution in [1.29, 1.82) is 0 Å². The summed E-state index contributed by atoms with van der Waals surface area (Å²) in [6.45, 7) is -0.642. The number of halogens is 4. The van der Waals surface area contributed by atoms with E-state index in [0.29, 0.717) is 6.54 Å². The van der Waals surface area contributed by atoms with Gasteiger partial charge in [-0.25, -0.2) is 0 Å². The first kappa shape index (κ1) is 12.0. The van der Waals surface area contributed by atoms with Crippen molar-refractivity contribution in [3.05, 3.63) is 0 Å². The van der Waals surface area contributed by atoms with Crippen LogP contribution in [0.15, 0.2) is 0 Å². The third-order valence-corrected chi connectivity index (χ3v) is 2.15. The van der Waals surface area contributed by atoms with Crippen LogP contribution in [0.2, 0.25) is 0 Å². The van der Waals surface area contributed by atoms with Crippen molar-refractivity contribution in [3.8, 4) is 0 Å². The first-order valence-corrected chi connectivity index (χ1v) is 3.40. The molecule has 1 saturated heterocycles. The van der Waals surface area contributed by atoms with Crippen molar-refractivity contribution >= 4 is 12.4 Å². The third kappa shape index (κ3) is 1.84. The Hall–Kier alpha value is -0.0000000000000000486. The molecule has 1 rings (SSSR count). The average molecular weight is 206 g/mol. The predicted octanol–water partition coefficient (Wildman–Crippen LogP) is 0.943. The molecule has 0 amide bonds. The van der Waals surface area contributed by atoms with E-state index in [4.69, 9.17) is 5.11 Å². The van der Waals surface area contributed by atoms with E-state index >= 15 is 0 Å². The second-order valence-electron chi connectivity index (χ2n) is 2.86. The topological polar surface area (TPSA) is 32.3 Å². The minimum atomic E-state index is -4.29. The quantitative estimate of drug-likeness (QED) is 0.668. The summed E-state index contributed by atoms with van der Waals surface area (Å²) in [5, 5.41) is 11.2. The van der Waals surface area contributed by atoms with E-state index in [1.165, 1.54) is 0 Å². The number of aliphatic hydroxyl groups is 1. The Kier molecular flexibility index (Phi) is 3.81. The smallest absolute Gasteiger partial charge is 0.395 e. The molecule has 6 heteroatoms. The first-order valence-electron chi connectivity index (χ1n) is 3.40. The van der Waals surface area contributed by atoms with Gasteiger partial charge in [-0.1, -0.05) is 0 Å². The number of rotatable bonds is 1. The first-order chi connectivity index (χ1) is 5.02. The van der Waals surface area contributed by atoms with Crippen LogP contribution in [0, 0.1) is 5.41 Å². The molecule has 12 heavy (non-hydrogen) atoms. The third-order valence-electron chi connectivity index (χ3n) is 2.15. The normalized spacial score (nSPS) is 30.0. The summed E-state index contributed by atoms with van der Waals surface area (Å²) in [4.78, 5) is 0. The summed E-state index contributed by atoms with van der Waals surface area (Å²) in [5.41, 5.74) is -1.88. The molecule has 0 aliphatic carbocycles. The van der Waals surface area contributed by atoms with E-state index in [1.54, 1.807) is 0 Å². The highest BCUT2D eigenvalue weighted by Crippen LogP contribution is 2.42. The Morgan fingerprint density at radius 3 is 2.17 bits per heavy atom. The van der Waals surface area contributed by atoms with Gasteiger partial charge in [0.25, 0.3) is 0 Å². The summed E-state index contributed by atoms with van der Waals surface area (Å²) < 4.78 is 36.6. The van der Waals surface area contributed by atoms with E-state index in [9.17, 15) is 13.2 Å². The predicted molar refractivity (Wildman–Crippen MR) is 40.3 cm³/mol. The van der Waals surface area contributed by atoms with Gasteiger partial charge in [0.2, 0.25) is 0 Å². The van der Waals surface area contributed by atoms with Crippen LogP contribution in [0.4, 0.5) is 13.2 Å². The van der Waals surface area contributed by atoms with Crippen LogP contribution < -0.4 is 5.32 Å². The van der Waals surface area contributed by atoms with Crippen molar-refractivity contribution in [3.63, 3.8) is 0 Å². The zero-order valence-electron chi connectivity index (χ0n) is 6.32. The van der Waals surface area contributed by atoms with Crippen LogP contribution in [0.25, 0.3) is 0 Å². The molecule has 0 radical (unpaired) electrons. The molecular formula is C6H11ClF3NO. The maximum Gasteiger partial charge on any atom is 0.397 e. The van der Waals surface area contributed by atoms with Gasteiger partial charge in [0.05, 0.1) is 6.61 Å². The molecular weight excluding hydrogens is 195 g/mol. The van der Waals surface area contributed by atoms with E-state index in [-0.39, 0.29) is 25.4 Å². The zero-order chi connectivity index (χ0) is 8.54. The summed E-state index contributed by atoms with van der Waals surface area (Å²) in [6.07, 6.45) is -4.31. The van der Waals surface area contributed by atoms with Gasteiger partial charge in [-0.3, -0.25) is 0 Å². The molecule has 0 aromatic rings. The monoisotopic (exact) mass is 205 g/mol. The molecule has 2 N–H and O–H groups in total. The highest BCUT2D eigenvalue weighted by atomic mass is 35.5. The summed E-state index contributed by atoms with van der Waals surface area (Å²) >= 11 is 0. The van der Waals surface area contributed by atoms with Crippen molar-refractivity contribution in [2.24, 2.45) is 5.41 Å². The van der Waals surface area contributed by atoms with Crippen LogP contribution in [0.5, 0.6) is 0 Å². The second-order valence-corrected chi connectivity index (χ2v) is 2.86. The maximum atomic E-state index is 12.2. The van der Waals surface area contributed by atoms with E-state index < -0.39 is 18.2 Å². The van der Waals surface area contributed by atoms with Crippen molar-refractivity contribution < 1.29 is 18.3 Å². The van der Waals surface area contributed by atoms with E-state index in [2.05, 4.69) is 5.32 Å². The molecule has 1 heterocycles. The van der Waals surface area contributed by atoms with Gasteiger partial charge in [0, 0.05) is 6.54 Å². The van der Waals surface area contributed by atoms with Crippen molar-refractivity contribution in [2.45, 2.75) is 12.6 Å². The fourth-order valence-electron chi connectivity index (χ4n) is 1.21. The minimum Gasteiger partial charge on any atom is -0.395 e. The number of alkyl halides is 3. The Bertz CT molecular complexity index is 144. The van der Waals surface area contributed by atoms with Gasteiger partial charge in [0.15, 0.2) is 0 Å². The van der Waals surface area contributed by atoms with Crippen molar-refractivity contribution in [1.82, 2.24) is 5.32 Å². The van der Waals surface area contributed by atoms with E-state index in [0.717, 1.165) is 0 Å². The Morgan fingerprint density at radius 1 is 1.42 bits per heavy atom. The largest absolute Gasteiger partial charge is 0.397 e. The number of hydrogen-bond acceptors (Lipinski definition) is 2. The van der Waals surface area contributed by atoms with Gasteiger partial charge >= 0.3 is 6.18 Å². The lowest BCUT2D eigenvalue weighted by Gasteiger charge is -2.28. The van der Waals surface area contributed by atoms with Crippen LogP contribution in [-0.4, -0.2) is 31.0 Å². The van der Waals surface area contributed by atoms with Gasteiger partial charge in [0.1, 0.15) is 5.41 Å². The van der Waals surface area contributed by atoms with Crippen LogP contribution in [-0.2, 0) is 0 Å². The Balaban J connectivity index is 0.00000121. The number of nitrogens with one attached hydrogen (secondary N) is 1. The zero-order valence-corrected chi connectivity index (χ0v) is 7.13. The summed E-state index contributed by atoms with van der Waals surface area (Å²) in [5.74, 6) is 0. The lowest BCUT2D eigenvalue weighted by molar-refractivity contribution is -0.227. The maximum absolute atomic E-state index is 12.2. The van der Waals surface area contributed by atoms with Gasteiger partial charge < -0.3 is 10.4 Å². The fourth-order valence-corrected chi connectivity index (χ4v) is 1.21. The minimum absolute atomic E-state index is 0. The van der Waals surface area contributed by atoms with Crippen LogP contribution in [0.3, 0.4) is 0 Å². The number of aliphatic hydroxyl groups excluding tert-OH is 1. The molecule has 2 nitrogen and oxygen atoms in total. The van der Waals surface area contributed by atoms with Gasteiger partial charge in [-0.05, 0) is 13.0 Å². The van der Waals surface area contributed by atoms with Crippen LogP contribution >= 0.6 is 12.4 Å². The molecule has 1 aliphatic rings. The molecule has 1 aliphatic heterocycles. The van der Waals surface area contributed by atoms with Gasteiger partial charge in [-0.2, -0.15) is 13.2 Å². The Labute approximate surface area is 74.6 Å². The van der Waals surface area contributed by atoms with E-state index in [1.807, 2.05) is 0 Å². The van der Waals surface area contributed by atoms with Crippen molar-refractivity contribution in [2.75, 3.05) is 19.7 Å². The average Bonchev–Trinajstić information content (AvgIpc) is 2.33. The van der Waals surface area contributed by atoms with Crippen LogP contribution in [0.1, 0.15) is 6.42 Å². The molecule has 1 atom stereocenters. The highest BCUT2D eigenvalue weighted by Gasteiger charge is 2.55. The molecule has 0 aromatic heterocycles. The Morgan fingerprint density at radius 2 is 2.00 bits per heavy atom. The molecule has 0 saturated carbocycles. The summed E-state index contributed by atoms with van der Waals surface area (Å²) in [7, 11) is 0. The van der Waals surface area contributed by atoms with Gasteiger partial charge in [-0.15, -0.1) is 12.4 Å². The molecule has 0 aromatic carbocycles. The highest BCUT2D eigenvalue weighted by molar-refractivity contribution is 5.85. The molecule has 74 valence electrons. The molecule has 1 fully saturated rings. The second kappa shape index (κ2) is 3.81. The standard InChI is InChI=1S/C6H10F3NO.ClH/c7-6(8,9)5(4-11)1-2-10-3-5;/h10-11H,1-4H2;1H. The SMILES string of the molecule is Cl.OCC1(C(F)(F)F)CCNC1. The molecule has 1 unspecified atom stereocenters. The summed E-state index contributed by atoms with van der Waals surface area (Å²) in [6, 6.07) is 0. The lowest BCUT2D eigenvalue weighted by Crippen LogP contribution is -2.42. The number of hydrogen-bond donors (Lipinski definition) is 2. The molecule has 0 bridgehead atoms. The lowest BCUT2D eigenvalue weighted by atomic mass is 9.87. The molecule has 0 spiro atoms.